The Labute approximate surface area is 79.2 Å². The molecule has 0 aromatic carbocycles. The maximum absolute atomic E-state index is 11.5. The minimum Gasteiger partial charge on any atom is -0.270 e. The van der Waals surface area contributed by atoms with Crippen LogP contribution >= 0.6 is 0 Å². The second-order valence-corrected chi connectivity index (χ2v) is 5.20. The third-order valence-electron chi connectivity index (χ3n) is 2.36. The Morgan fingerprint density at radius 3 is 2.15 bits per heavy atom. The van der Waals surface area contributed by atoms with Crippen molar-refractivity contribution in [1.29, 1.82) is 0 Å². The van der Waals surface area contributed by atoms with Crippen molar-refractivity contribution < 1.29 is 12.6 Å². The summed E-state index contributed by atoms with van der Waals surface area (Å²) in [6.07, 6.45) is 4.64. The molecule has 1 saturated heterocycles. The van der Waals surface area contributed by atoms with Gasteiger partial charge in [-0.05, 0) is 19.3 Å². The summed E-state index contributed by atoms with van der Waals surface area (Å²) >= 11 is 0. The molecule has 0 N–H and O–H groups in total. The Kier molecular flexibility index (Phi) is 2.93. The quantitative estimate of drug-likeness (QED) is 0.514. The minimum atomic E-state index is -3.42. The lowest BCUT2D eigenvalue weighted by atomic mass is 9.97. The van der Waals surface area contributed by atoms with E-state index in [1.807, 2.05) is 0 Å². The summed E-state index contributed by atoms with van der Waals surface area (Å²) in [5, 5.41) is 0. The van der Waals surface area contributed by atoms with E-state index in [0.29, 0.717) is 19.3 Å². The van der Waals surface area contributed by atoms with Gasteiger partial charge in [0.1, 0.15) is 4.75 Å². The van der Waals surface area contributed by atoms with E-state index < -0.39 is 14.9 Å². The van der Waals surface area contributed by atoms with E-state index in [2.05, 4.69) is 13.2 Å². The Bertz CT molecular complexity index is 293. The lowest BCUT2D eigenvalue weighted by Crippen LogP contribution is -2.32. The number of rotatable bonds is 4. The van der Waals surface area contributed by atoms with E-state index in [4.69, 9.17) is 4.18 Å². The van der Waals surface area contributed by atoms with E-state index in [0.717, 1.165) is 0 Å². The maximum atomic E-state index is 11.5. The molecule has 13 heavy (non-hydrogen) atoms. The van der Waals surface area contributed by atoms with Crippen LogP contribution in [-0.2, 0) is 14.3 Å². The van der Waals surface area contributed by atoms with Gasteiger partial charge in [0.2, 0.25) is 0 Å². The van der Waals surface area contributed by atoms with Gasteiger partial charge in [-0.15, -0.1) is 13.2 Å². The number of hydrogen-bond donors (Lipinski definition) is 0. The van der Waals surface area contributed by atoms with Crippen molar-refractivity contribution in [3.63, 3.8) is 0 Å². The smallest absolute Gasteiger partial charge is 0.270 e. The van der Waals surface area contributed by atoms with Crippen molar-refractivity contribution >= 4 is 10.1 Å². The average Bonchev–Trinajstić information content (AvgIpc) is 2.29. The first kappa shape index (κ1) is 10.5. The number of hydrogen-bond acceptors (Lipinski definition) is 3. The first-order valence-corrected chi connectivity index (χ1v) is 5.59. The molecule has 0 amide bonds. The molecule has 1 fully saturated rings. The molecule has 0 aromatic heterocycles. The first-order valence-electron chi connectivity index (χ1n) is 4.19. The van der Waals surface area contributed by atoms with Gasteiger partial charge in [0.15, 0.2) is 0 Å². The summed E-state index contributed by atoms with van der Waals surface area (Å²) in [7, 11) is -3.42. The normalized spacial score (nSPS) is 24.0. The Hall–Kier alpha value is -0.610. The summed E-state index contributed by atoms with van der Waals surface area (Å²) in [5.41, 5.74) is 0. The second kappa shape index (κ2) is 3.64. The molecule has 1 heterocycles. The van der Waals surface area contributed by atoms with Crippen molar-refractivity contribution in [3.8, 4) is 0 Å². The zero-order chi connectivity index (χ0) is 9.95. The highest BCUT2D eigenvalue weighted by Gasteiger charge is 2.47. The molecule has 0 atom stereocenters. The summed E-state index contributed by atoms with van der Waals surface area (Å²) in [6.45, 7) is 7.41. The molecule has 0 aromatic rings. The van der Waals surface area contributed by atoms with Crippen molar-refractivity contribution in [3.05, 3.63) is 25.3 Å². The minimum absolute atomic E-state index is 0.282. The summed E-state index contributed by atoms with van der Waals surface area (Å²) in [5.74, 6) is 0. The van der Waals surface area contributed by atoms with Crippen LogP contribution in [0.15, 0.2) is 25.3 Å². The van der Waals surface area contributed by atoms with Crippen LogP contribution in [0.4, 0.5) is 0 Å². The van der Waals surface area contributed by atoms with Crippen LogP contribution < -0.4 is 0 Å². The molecular formula is C9H14O3S. The Balaban J connectivity index is 3.01. The molecule has 0 unspecified atom stereocenters. The van der Waals surface area contributed by atoms with Crippen LogP contribution in [0.2, 0.25) is 0 Å². The molecule has 0 saturated carbocycles. The molecule has 0 spiro atoms. The van der Waals surface area contributed by atoms with Gasteiger partial charge in [-0.1, -0.05) is 12.2 Å². The van der Waals surface area contributed by atoms with Crippen LogP contribution in [-0.4, -0.2) is 19.8 Å². The van der Waals surface area contributed by atoms with E-state index in [1.54, 1.807) is 12.2 Å². The Morgan fingerprint density at radius 1 is 1.31 bits per heavy atom. The predicted molar refractivity (Wildman–Crippen MR) is 51.8 cm³/mol. The van der Waals surface area contributed by atoms with Crippen LogP contribution in [0, 0.1) is 0 Å². The van der Waals surface area contributed by atoms with E-state index in [9.17, 15) is 8.42 Å². The zero-order valence-corrected chi connectivity index (χ0v) is 8.35. The highest BCUT2D eigenvalue weighted by Crippen LogP contribution is 2.37. The molecule has 0 aliphatic carbocycles. The fraction of sp³-hybridized carbons (Fsp3) is 0.556. The lowest BCUT2D eigenvalue weighted by Gasteiger charge is -2.22. The predicted octanol–water partition coefficient (Wildman–Crippen LogP) is 1.63. The van der Waals surface area contributed by atoms with E-state index in [-0.39, 0.29) is 6.61 Å². The van der Waals surface area contributed by atoms with Gasteiger partial charge in [-0.2, -0.15) is 8.42 Å². The van der Waals surface area contributed by atoms with Crippen LogP contribution in [0.1, 0.15) is 19.3 Å². The van der Waals surface area contributed by atoms with Crippen LogP contribution in [0.3, 0.4) is 0 Å². The molecular weight excluding hydrogens is 188 g/mol. The molecule has 0 radical (unpaired) electrons. The molecule has 74 valence electrons. The van der Waals surface area contributed by atoms with Gasteiger partial charge in [0.25, 0.3) is 10.1 Å². The van der Waals surface area contributed by atoms with Gasteiger partial charge in [0, 0.05) is 0 Å². The van der Waals surface area contributed by atoms with Gasteiger partial charge in [-0.25, -0.2) is 0 Å². The SMILES string of the molecule is C=CCC1(CC=C)CCOS1(=O)=O. The summed E-state index contributed by atoms with van der Waals surface area (Å²) in [6, 6.07) is 0. The zero-order valence-electron chi connectivity index (χ0n) is 7.53. The van der Waals surface area contributed by atoms with Crippen molar-refractivity contribution in [2.45, 2.75) is 24.0 Å². The van der Waals surface area contributed by atoms with E-state index >= 15 is 0 Å². The van der Waals surface area contributed by atoms with Crippen molar-refractivity contribution in [2.24, 2.45) is 0 Å². The molecule has 0 bridgehead atoms. The third-order valence-corrected chi connectivity index (χ3v) is 4.43. The molecule has 3 nitrogen and oxygen atoms in total. The molecule has 1 aliphatic rings. The third kappa shape index (κ3) is 1.69. The fourth-order valence-electron chi connectivity index (χ4n) is 1.61. The standard InChI is InChI=1S/C9H14O3S/c1-3-5-9(6-4-2)7-8-12-13(9,10)11/h3-4H,1-2,5-8H2. The van der Waals surface area contributed by atoms with E-state index in [1.165, 1.54) is 0 Å². The molecule has 4 heteroatoms. The van der Waals surface area contributed by atoms with Crippen LogP contribution in [0.5, 0.6) is 0 Å². The average molecular weight is 202 g/mol. The van der Waals surface area contributed by atoms with Crippen LogP contribution in [0.25, 0.3) is 0 Å². The topological polar surface area (TPSA) is 43.4 Å². The Morgan fingerprint density at radius 2 is 1.85 bits per heavy atom. The first-order chi connectivity index (χ1) is 6.08. The monoisotopic (exact) mass is 202 g/mol. The fourth-order valence-corrected chi connectivity index (χ4v) is 3.14. The highest BCUT2D eigenvalue weighted by atomic mass is 32.2. The molecule has 1 rings (SSSR count). The number of allylic oxidation sites excluding steroid dienone is 2. The highest BCUT2D eigenvalue weighted by molar-refractivity contribution is 7.88. The largest absolute Gasteiger partial charge is 0.273 e. The van der Waals surface area contributed by atoms with Gasteiger partial charge in [0.05, 0.1) is 6.61 Å². The second-order valence-electron chi connectivity index (χ2n) is 3.19. The maximum Gasteiger partial charge on any atom is 0.273 e. The van der Waals surface area contributed by atoms with Gasteiger partial charge in [-0.3, -0.25) is 4.18 Å². The summed E-state index contributed by atoms with van der Waals surface area (Å²) in [4.78, 5) is 0. The van der Waals surface area contributed by atoms with Gasteiger partial charge < -0.3 is 0 Å². The lowest BCUT2D eigenvalue weighted by molar-refractivity contribution is 0.354. The van der Waals surface area contributed by atoms with Crippen molar-refractivity contribution in [2.75, 3.05) is 6.61 Å². The van der Waals surface area contributed by atoms with Gasteiger partial charge >= 0.3 is 0 Å². The summed E-state index contributed by atoms with van der Waals surface area (Å²) < 4.78 is 27.0. The van der Waals surface area contributed by atoms with Crippen molar-refractivity contribution in [1.82, 2.24) is 0 Å². The molecule has 1 aliphatic heterocycles.